The van der Waals surface area contributed by atoms with Crippen LogP contribution in [0.25, 0.3) is 0 Å². The molecule has 0 aliphatic rings. The highest BCUT2D eigenvalue weighted by Crippen LogP contribution is 2.23. The average molecular weight is 174 g/mol. The van der Waals surface area contributed by atoms with Crippen molar-refractivity contribution in [2.75, 3.05) is 0 Å². The van der Waals surface area contributed by atoms with Crippen LogP contribution >= 0.6 is 0 Å². The van der Waals surface area contributed by atoms with Gasteiger partial charge in [-0.15, -0.1) is 0 Å². The van der Waals surface area contributed by atoms with Crippen LogP contribution in [-0.2, 0) is 0 Å². The molecule has 0 aliphatic heterocycles. The summed E-state index contributed by atoms with van der Waals surface area (Å²) in [5, 5.41) is 0. The second kappa shape index (κ2) is 3.17. The predicted molar refractivity (Wildman–Crippen MR) is 40.6 cm³/mol. The molecular weight excluding hydrogens is 165 g/mol. The standard InChI is InChI=1S/C9H9F3/c1-5-3-4-7(6(2)10)9(12)8(5)11/h3-4,6H,1-2H3. The number of halogens is 3. The molecule has 0 amide bonds. The van der Waals surface area contributed by atoms with Gasteiger partial charge in [0, 0.05) is 5.56 Å². The zero-order chi connectivity index (χ0) is 9.30. The van der Waals surface area contributed by atoms with Crippen molar-refractivity contribution in [1.29, 1.82) is 0 Å². The van der Waals surface area contributed by atoms with Crippen LogP contribution in [0, 0.1) is 18.6 Å². The zero-order valence-corrected chi connectivity index (χ0v) is 6.87. The van der Waals surface area contributed by atoms with Gasteiger partial charge in [0.2, 0.25) is 0 Å². The van der Waals surface area contributed by atoms with Gasteiger partial charge in [0.15, 0.2) is 11.6 Å². The average Bonchev–Trinajstić information content (AvgIpc) is 2.00. The smallest absolute Gasteiger partial charge is 0.165 e. The normalized spacial score (nSPS) is 13.1. The minimum atomic E-state index is -1.47. The first kappa shape index (κ1) is 9.10. The van der Waals surface area contributed by atoms with Crippen LogP contribution in [0.4, 0.5) is 13.2 Å². The predicted octanol–water partition coefficient (Wildman–Crippen LogP) is 3.30. The van der Waals surface area contributed by atoms with Crippen molar-refractivity contribution in [3.8, 4) is 0 Å². The second-order valence-electron chi connectivity index (χ2n) is 2.72. The van der Waals surface area contributed by atoms with Gasteiger partial charge >= 0.3 is 0 Å². The largest absolute Gasteiger partial charge is 0.242 e. The summed E-state index contributed by atoms with van der Waals surface area (Å²) in [4.78, 5) is 0. The van der Waals surface area contributed by atoms with Crippen molar-refractivity contribution in [3.63, 3.8) is 0 Å². The van der Waals surface area contributed by atoms with Crippen molar-refractivity contribution in [3.05, 3.63) is 34.9 Å². The molecule has 0 aromatic heterocycles. The summed E-state index contributed by atoms with van der Waals surface area (Å²) in [5.74, 6) is -2.04. The van der Waals surface area contributed by atoms with Crippen LogP contribution in [-0.4, -0.2) is 0 Å². The van der Waals surface area contributed by atoms with E-state index in [0.29, 0.717) is 0 Å². The van der Waals surface area contributed by atoms with E-state index < -0.39 is 17.8 Å². The Balaban J connectivity index is 3.27. The number of alkyl halides is 1. The highest BCUT2D eigenvalue weighted by molar-refractivity contribution is 5.26. The van der Waals surface area contributed by atoms with Crippen molar-refractivity contribution < 1.29 is 13.2 Å². The van der Waals surface area contributed by atoms with Gasteiger partial charge in [-0.2, -0.15) is 0 Å². The van der Waals surface area contributed by atoms with E-state index in [9.17, 15) is 13.2 Å². The monoisotopic (exact) mass is 174 g/mol. The SMILES string of the molecule is Cc1ccc(C(C)F)c(F)c1F. The summed E-state index contributed by atoms with van der Waals surface area (Å²) < 4.78 is 38.3. The molecule has 0 bridgehead atoms. The molecule has 1 unspecified atom stereocenters. The number of rotatable bonds is 1. The van der Waals surface area contributed by atoms with Crippen LogP contribution in [0.15, 0.2) is 12.1 Å². The quantitative estimate of drug-likeness (QED) is 0.612. The van der Waals surface area contributed by atoms with Gasteiger partial charge in [0.1, 0.15) is 6.17 Å². The molecule has 1 rings (SSSR count). The van der Waals surface area contributed by atoms with Gasteiger partial charge in [-0.3, -0.25) is 0 Å². The maximum atomic E-state index is 12.9. The number of benzene rings is 1. The zero-order valence-electron chi connectivity index (χ0n) is 6.87. The van der Waals surface area contributed by atoms with Crippen LogP contribution in [0.3, 0.4) is 0 Å². The fourth-order valence-electron chi connectivity index (χ4n) is 0.968. The fraction of sp³-hybridized carbons (Fsp3) is 0.333. The number of hydrogen-bond acceptors (Lipinski definition) is 0. The summed E-state index contributed by atoms with van der Waals surface area (Å²) >= 11 is 0. The molecule has 0 heterocycles. The Hall–Kier alpha value is -0.990. The minimum absolute atomic E-state index is 0.192. The molecule has 0 saturated heterocycles. The summed E-state index contributed by atoms with van der Waals surface area (Å²) in [5.41, 5.74) is -0.0324. The van der Waals surface area contributed by atoms with Crippen molar-refractivity contribution in [2.45, 2.75) is 20.0 Å². The van der Waals surface area contributed by atoms with Crippen LogP contribution in [0.5, 0.6) is 0 Å². The highest BCUT2D eigenvalue weighted by atomic mass is 19.2. The summed E-state index contributed by atoms with van der Waals surface area (Å²) in [6.45, 7) is 2.61. The third-order valence-electron chi connectivity index (χ3n) is 1.73. The molecule has 0 radical (unpaired) electrons. The van der Waals surface area contributed by atoms with E-state index >= 15 is 0 Å². The lowest BCUT2D eigenvalue weighted by molar-refractivity contribution is 0.354. The Morgan fingerprint density at radius 1 is 1.17 bits per heavy atom. The first-order valence-corrected chi connectivity index (χ1v) is 3.62. The lowest BCUT2D eigenvalue weighted by atomic mass is 10.1. The van der Waals surface area contributed by atoms with E-state index in [4.69, 9.17) is 0 Å². The topological polar surface area (TPSA) is 0 Å². The molecule has 0 saturated carbocycles. The van der Waals surface area contributed by atoms with Crippen molar-refractivity contribution in [2.24, 2.45) is 0 Å². The Labute approximate surface area is 69.0 Å². The maximum Gasteiger partial charge on any atom is 0.165 e. The molecule has 3 heteroatoms. The van der Waals surface area contributed by atoms with E-state index in [-0.39, 0.29) is 11.1 Å². The molecule has 0 fully saturated rings. The molecule has 1 aromatic rings. The Morgan fingerprint density at radius 3 is 2.25 bits per heavy atom. The van der Waals surface area contributed by atoms with E-state index in [2.05, 4.69) is 0 Å². The highest BCUT2D eigenvalue weighted by Gasteiger charge is 2.14. The van der Waals surface area contributed by atoms with Crippen molar-refractivity contribution in [1.82, 2.24) is 0 Å². The van der Waals surface area contributed by atoms with E-state index in [1.807, 2.05) is 0 Å². The lowest BCUT2D eigenvalue weighted by Crippen LogP contribution is -1.97. The molecule has 0 spiro atoms. The Kier molecular flexibility index (Phi) is 2.40. The van der Waals surface area contributed by atoms with Crippen LogP contribution in [0.1, 0.15) is 24.2 Å². The van der Waals surface area contributed by atoms with E-state index in [1.165, 1.54) is 26.0 Å². The van der Waals surface area contributed by atoms with Crippen molar-refractivity contribution >= 4 is 0 Å². The van der Waals surface area contributed by atoms with Gasteiger partial charge in [-0.25, -0.2) is 13.2 Å². The Morgan fingerprint density at radius 2 is 1.75 bits per heavy atom. The summed E-state index contributed by atoms with van der Waals surface area (Å²) in [6, 6.07) is 2.63. The first-order chi connectivity index (χ1) is 5.54. The van der Waals surface area contributed by atoms with Crippen LogP contribution < -0.4 is 0 Å². The summed E-state index contributed by atoms with van der Waals surface area (Å²) in [7, 11) is 0. The van der Waals surface area contributed by atoms with E-state index in [0.717, 1.165) is 0 Å². The Bertz CT molecular complexity index is 292. The molecule has 0 nitrogen and oxygen atoms in total. The maximum absolute atomic E-state index is 12.9. The van der Waals surface area contributed by atoms with Gasteiger partial charge in [0.25, 0.3) is 0 Å². The van der Waals surface area contributed by atoms with Gasteiger partial charge < -0.3 is 0 Å². The molecular formula is C9H9F3. The van der Waals surface area contributed by atoms with Crippen LogP contribution in [0.2, 0.25) is 0 Å². The first-order valence-electron chi connectivity index (χ1n) is 3.62. The molecule has 12 heavy (non-hydrogen) atoms. The number of aryl methyl sites for hydroxylation is 1. The third kappa shape index (κ3) is 1.44. The molecule has 1 aromatic carbocycles. The van der Waals surface area contributed by atoms with Gasteiger partial charge in [0.05, 0.1) is 0 Å². The molecule has 0 N–H and O–H groups in total. The molecule has 66 valence electrons. The number of hydrogen-bond donors (Lipinski definition) is 0. The lowest BCUT2D eigenvalue weighted by Gasteiger charge is -2.05. The third-order valence-corrected chi connectivity index (χ3v) is 1.73. The summed E-state index contributed by atoms with van der Waals surface area (Å²) in [6.07, 6.45) is -1.47. The van der Waals surface area contributed by atoms with E-state index in [1.54, 1.807) is 0 Å². The van der Waals surface area contributed by atoms with Gasteiger partial charge in [-0.1, -0.05) is 12.1 Å². The molecule has 1 atom stereocenters. The minimum Gasteiger partial charge on any atom is -0.242 e. The fourth-order valence-corrected chi connectivity index (χ4v) is 0.968. The molecule has 0 aliphatic carbocycles. The second-order valence-corrected chi connectivity index (χ2v) is 2.72. The van der Waals surface area contributed by atoms with Gasteiger partial charge in [-0.05, 0) is 19.4 Å².